The molecule has 13 N–H and O–H groups in total. The molecule has 0 spiro atoms. The quantitative estimate of drug-likeness (QED) is 0.0269. The Morgan fingerprint density at radius 2 is 1.15 bits per heavy atom. The van der Waals surface area contributed by atoms with Crippen LogP contribution in [0.25, 0.3) is 10.9 Å². The highest BCUT2D eigenvalue weighted by Crippen LogP contribution is 2.26. The van der Waals surface area contributed by atoms with Gasteiger partial charge in [0.2, 0.25) is 33.7 Å². The maximum absolute atomic E-state index is 13.7. The number of ether oxygens (including phenoxy) is 1. The largest absolute Gasteiger partial charge is 0.494 e. The van der Waals surface area contributed by atoms with Crippen LogP contribution in [-0.2, 0) is 64.5 Å². The minimum absolute atomic E-state index is 0.00686. The molecule has 512 valence electrons. The Bertz CT molecular complexity index is 3240. The van der Waals surface area contributed by atoms with E-state index in [9.17, 15) is 91.8 Å². The van der Waals surface area contributed by atoms with Gasteiger partial charge in [-0.25, -0.2) is 8.42 Å². The third-order valence-electron chi connectivity index (χ3n) is 15.0. The first-order chi connectivity index (χ1) is 44.1. The molecule has 3 heterocycles. The van der Waals surface area contributed by atoms with Crippen molar-refractivity contribution >= 4 is 92.1 Å². The third-order valence-corrected chi connectivity index (χ3v) is 16.7. The van der Waals surface area contributed by atoms with E-state index in [1.807, 2.05) is 0 Å². The van der Waals surface area contributed by atoms with E-state index in [1.165, 1.54) is 35.8 Å². The minimum Gasteiger partial charge on any atom is -0.494 e. The Morgan fingerprint density at radius 1 is 0.602 bits per heavy atom. The van der Waals surface area contributed by atoms with Gasteiger partial charge < -0.3 is 67.3 Å². The summed E-state index contributed by atoms with van der Waals surface area (Å²) in [5.41, 5.74) is 1.40. The molecule has 3 unspecified atom stereocenters. The number of aromatic nitrogens is 2. The fraction of sp³-hybridized carbons (Fsp3) is 0.569. The highest BCUT2D eigenvalue weighted by atomic mass is 32.2. The second-order valence-corrected chi connectivity index (χ2v) is 24.0. The lowest BCUT2D eigenvalue weighted by Crippen LogP contribution is -2.55. The summed E-state index contributed by atoms with van der Waals surface area (Å²) in [6, 6.07) is 2.90. The molecule has 1 fully saturated rings. The molecule has 5 rings (SSSR count). The fourth-order valence-corrected chi connectivity index (χ4v) is 11.9. The van der Waals surface area contributed by atoms with Crippen molar-refractivity contribution in [2.24, 2.45) is 4.99 Å². The van der Waals surface area contributed by atoms with Gasteiger partial charge in [-0.1, -0.05) is 0 Å². The van der Waals surface area contributed by atoms with Gasteiger partial charge in [-0.15, -0.1) is 0 Å². The number of aliphatic imine (C=N–C) groups is 1. The highest BCUT2D eigenvalue weighted by molar-refractivity contribution is 7.89. The lowest BCUT2D eigenvalue weighted by atomic mass is 10.1. The molecule has 2 aromatic carbocycles. The van der Waals surface area contributed by atoms with Gasteiger partial charge in [-0.2, -0.15) is 9.82 Å². The molecule has 0 saturated carbocycles. The number of carbonyl (C=O) groups is 11. The van der Waals surface area contributed by atoms with Crippen LogP contribution in [0.3, 0.4) is 0 Å². The summed E-state index contributed by atoms with van der Waals surface area (Å²) in [6.45, 7) is 3.05. The molecule has 0 radical (unpaired) electrons. The maximum Gasteiger partial charge on any atom is 0.323 e. The number of carboxylic acids is 6. The average molecular weight is 1330 g/mol. The van der Waals surface area contributed by atoms with Gasteiger partial charge in [0.1, 0.15) is 23.9 Å². The van der Waals surface area contributed by atoms with Gasteiger partial charge >= 0.3 is 35.8 Å². The SMILES string of the molecule is Cc1cc(OCCCC(=O)NCCNC(=O)C(CCC(=O)O)NC(=O)C(CCC(=O)O)NC(=O)CN2CCN(CC(=O)O)CCN(CC(=O)O)CCN(CC(=O)O)CC2)cc(C)c1S(=O)(=O)NC(CNC(=O)c1ccc2c(cnn2CCNC2=NCCCC2)c1)C(=O)O. The van der Waals surface area contributed by atoms with Crippen molar-refractivity contribution in [3.8, 4) is 5.75 Å². The Morgan fingerprint density at radius 3 is 1.68 bits per heavy atom. The van der Waals surface area contributed by atoms with Crippen LogP contribution in [0.4, 0.5) is 0 Å². The number of hydrogen-bond acceptors (Lipinski definition) is 21. The number of aryl methyl sites for hydroxylation is 2. The van der Waals surface area contributed by atoms with E-state index in [0.29, 0.717) is 18.5 Å². The molecule has 2 aliphatic heterocycles. The first kappa shape index (κ1) is 74.8. The Kier molecular flexibility index (Phi) is 30.2. The molecule has 34 nitrogen and oxygen atoms in total. The number of amidine groups is 1. The molecular weight excluding hydrogens is 1240 g/mol. The van der Waals surface area contributed by atoms with Crippen molar-refractivity contribution in [3.63, 3.8) is 0 Å². The van der Waals surface area contributed by atoms with Crippen molar-refractivity contribution in [1.29, 1.82) is 0 Å². The topological polar surface area (TPSA) is 480 Å². The lowest BCUT2D eigenvalue weighted by Gasteiger charge is -2.33. The van der Waals surface area contributed by atoms with Crippen LogP contribution in [0.15, 0.2) is 46.4 Å². The second-order valence-electron chi connectivity index (χ2n) is 22.4. The van der Waals surface area contributed by atoms with Gasteiger partial charge in [0.25, 0.3) is 5.91 Å². The number of amides is 5. The first-order valence-electron chi connectivity index (χ1n) is 30.3. The van der Waals surface area contributed by atoms with Crippen LogP contribution in [0.2, 0.25) is 0 Å². The number of benzene rings is 2. The van der Waals surface area contributed by atoms with Crippen molar-refractivity contribution < 1.29 is 96.5 Å². The number of nitrogens with zero attached hydrogens (tertiary/aromatic N) is 7. The molecule has 1 saturated heterocycles. The van der Waals surface area contributed by atoms with Crippen molar-refractivity contribution in [2.75, 3.05) is 118 Å². The highest BCUT2D eigenvalue weighted by Gasteiger charge is 2.31. The van der Waals surface area contributed by atoms with Crippen LogP contribution >= 0.6 is 0 Å². The summed E-state index contributed by atoms with van der Waals surface area (Å²) in [5, 5.41) is 78.4. The zero-order chi connectivity index (χ0) is 68.2. The second kappa shape index (κ2) is 37.6. The van der Waals surface area contributed by atoms with E-state index in [-0.39, 0.29) is 119 Å². The summed E-state index contributed by atoms with van der Waals surface area (Å²) in [4.78, 5) is 148. The predicted molar refractivity (Wildman–Crippen MR) is 331 cm³/mol. The average Bonchev–Trinajstić information content (AvgIpc) is 1.50. The van der Waals surface area contributed by atoms with Crippen molar-refractivity contribution in [1.82, 2.24) is 66.0 Å². The van der Waals surface area contributed by atoms with E-state index in [1.54, 1.807) is 38.9 Å². The molecule has 3 aromatic rings. The maximum atomic E-state index is 13.7. The molecule has 1 aromatic heterocycles. The van der Waals surface area contributed by atoms with Crippen molar-refractivity contribution in [3.05, 3.63) is 53.2 Å². The summed E-state index contributed by atoms with van der Waals surface area (Å²) >= 11 is 0. The zero-order valence-corrected chi connectivity index (χ0v) is 52.7. The molecule has 0 bridgehead atoms. The van der Waals surface area contributed by atoms with Crippen LogP contribution in [-0.4, -0.2) is 276 Å². The monoisotopic (exact) mass is 1330 g/mol. The number of aliphatic carboxylic acids is 6. The molecule has 2 aliphatic rings. The van der Waals surface area contributed by atoms with Crippen LogP contribution in [0, 0.1) is 13.8 Å². The predicted octanol–water partition coefficient (Wildman–Crippen LogP) is -2.45. The number of carboxylic acid groups (broad SMARTS) is 6. The molecule has 3 atom stereocenters. The van der Waals surface area contributed by atoms with Gasteiger partial charge in [0, 0.05) is 122 Å². The van der Waals surface area contributed by atoms with Crippen molar-refractivity contribution in [2.45, 2.75) is 101 Å². The summed E-state index contributed by atoms with van der Waals surface area (Å²) < 4.78 is 37.1. The number of sulfonamides is 1. The normalized spacial score (nSPS) is 15.8. The number of hydrogen-bond donors (Lipinski definition) is 13. The standard InChI is InChI=1S/C58H84N14O20S/c1-37-28-41(29-38(2)54(37)93(90,91)67-44(58(88)89)32-63-55(85)39-8-11-45-40(30-39)31-64-72(45)18-17-60-46-6-3-4-14-59-46)92-27-5-7-47(73)61-15-16-62-56(86)42(9-12-49(75)76)66-57(87)43(10-13-50(77)78)65-48(74)33-68-19-21-69(34-51(79)80)23-25-71(36-53(83)84)26-24-70(22-20-68)35-52(81)82/h8,11,28-31,42-44,67H,3-7,9-10,12-27,32-36H2,1-2H3,(H,59,60)(H,61,73)(H,62,86)(H,63,85)(H,65,74)(H,66,87)(H,75,76)(H,77,78)(H,79,80)(H,81,82)(H,83,84)(H,88,89). The Hall–Kier alpha value is -8.90. The van der Waals surface area contributed by atoms with Gasteiger partial charge in [-0.3, -0.25) is 82.0 Å². The van der Waals surface area contributed by atoms with Gasteiger partial charge in [0.05, 0.1) is 61.8 Å². The van der Waals surface area contributed by atoms with Gasteiger partial charge in [-0.05, 0) is 87.4 Å². The number of fused-ring (bicyclic) bond motifs is 1. The fourth-order valence-electron chi connectivity index (χ4n) is 10.3. The van der Waals surface area contributed by atoms with E-state index < -0.39 is 145 Å². The first-order valence-corrected chi connectivity index (χ1v) is 31.8. The summed E-state index contributed by atoms with van der Waals surface area (Å²) in [6.07, 6.45) is 2.64. The molecular formula is C58H84N14O20S. The van der Waals surface area contributed by atoms with Crippen LogP contribution in [0.1, 0.15) is 79.3 Å². The van der Waals surface area contributed by atoms with E-state index >= 15 is 0 Å². The number of carbonyl (C=O) groups excluding carboxylic acids is 5. The van der Waals surface area contributed by atoms with E-state index in [2.05, 4.69) is 46.7 Å². The number of nitrogens with one attached hydrogen (secondary N) is 7. The molecule has 35 heteroatoms. The smallest absolute Gasteiger partial charge is 0.323 e. The Balaban J connectivity index is 1.08. The Labute approximate surface area is 535 Å². The van der Waals surface area contributed by atoms with Gasteiger partial charge in [0.15, 0.2) is 0 Å². The van der Waals surface area contributed by atoms with Crippen LogP contribution in [0.5, 0.6) is 5.75 Å². The summed E-state index contributed by atoms with van der Waals surface area (Å²) in [5.74, 6) is -10.2. The summed E-state index contributed by atoms with van der Waals surface area (Å²) in [7, 11) is -4.49. The minimum atomic E-state index is -4.49. The number of rotatable bonds is 36. The third kappa shape index (κ3) is 26.7. The molecule has 93 heavy (non-hydrogen) atoms. The zero-order valence-electron chi connectivity index (χ0n) is 51.9. The molecule has 0 aliphatic carbocycles. The van der Waals surface area contributed by atoms with E-state index in [0.717, 1.165) is 37.2 Å². The molecule has 5 amide bonds. The lowest BCUT2D eigenvalue weighted by molar-refractivity contribution is -0.140. The van der Waals surface area contributed by atoms with E-state index in [4.69, 9.17) is 4.74 Å². The van der Waals surface area contributed by atoms with Crippen LogP contribution < -0.4 is 41.4 Å².